The van der Waals surface area contributed by atoms with Gasteiger partial charge in [-0.05, 0) is 24.3 Å². The van der Waals surface area contributed by atoms with Crippen molar-refractivity contribution in [3.63, 3.8) is 0 Å². The zero-order chi connectivity index (χ0) is 24.5. The fourth-order valence-corrected chi connectivity index (χ4v) is 4.35. The highest BCUT2D eigenvalue weighted by Gasteiger charge is 2.21. The number of nitrogens with one attached hydrogen (secondary N) is 1. The fraction of sp³-hybridized carbons (Fsp3) is 0.0870. The van der Waals surface area contributed by atoms with Gasteiger partial charge in [-0.2, -0.15) is 14.8 Å². The van der Waals surface area contributed by atoms with Crippen LogP contribution in [0.3, 0.4) is 0 Å². The Labute approximate surface area is 201 Å². The van der Waals surface area contributed by atoms with Gasteiger partial charge < -0.3 is 14.6 Å². The maximum Gasteiger partial charge on any atom is 0.282 e. The van der Waals surface area contributed by atoms with Crippen LogP contribution in [0.5, 0.6) is 17.2 Å². The monoisotopic (exact) mass is 490 g/mol. The van der Waals surface area contributed by atoms with Gasteiger partial charge in [-0.1, -0.05) is 24.3 Å². The van der Waals surface area contributed by atoms with Gasteiger partial charge in [0.15, 0.2) is 11.4 Å². The maximum atomic E-state index is 13.0. The number of carbonyl (C=O) groups excluding carboxylic acids is 1. The highest BCUT2D eigenvalue weighted by molar-refractivity contribution is 7.15. The van der Waals surface area contributed by atoms with Crippen molar-refractivity contribution in [3.05, 3.63) is 76.0 Å². The largest absolute Gasteiger partial charge is 0.505 e. The van der Waals surface area contributed by atoms with Crippen LogP contribution >= 0.6 is 11.3 Å². The molecule has 0 radical (unpaired) electrons. The van der Waals surface area contributed by atoms with Gasteiger partial charge in [0, 0.05) is 17.0 Å². The molecule has 0 aliphatic heterocycles. The Morgan fingerprint density at radius 3 is 2.51 bits per heavy atom. The summed E-state index contributed by atoms with van der Waals surface area (Å²) in [6.07, 6.45) is 0. The molecule has 3 aromatic heterocycles. The lowest BCUT2D eigenvalue weighted by atomic mass is 10.1. The van der Waals surface area contributed by atoms with Crippen LogP contribution in [0.2, 0.25) is 0 Å². The Hall–Kier alpha value is -4.71. The number of para-hydroxylation sites is 3. The zero-order valence-electron chi connectivity index (χ0n) is 18.5. The Bertz CT molecular complexity index is 1620. The van der Waals surface area contributed by atoms with E-state index in [1.54, 1.807) is 35.9 Å². The fourth-order valence-electron chi connectivity index (χ4n) is 3.52. The van der Waals surface area contributed by atoms with E-state index in [0.29, 0.717) is 22.1 Å². The van der Waals surface area contributed by atoms with Gasteiger partial charge in [-0.25, -0.2) is 4.52 Å². The van der Waals surface area contributed by atoms with E-state index in [1.165, 1.54) is 18.4 Å². The lowest BCUT2D eigenvalue weighted by molar-refractivity contribution is 0.101. The van der Waals surface area contributed by atoms with Crippen LogP contribution in [-0.4, -0.2) is 49.6 Å². The van der Waals surface area contributed by atoms with E-state index in [-0.39, 0.29) is 11.6 Å². The van der Waals surface area contributed by atoms with Crippen molar-refractivity contribution in [2.45, 2.75) is 0 Å². The number of nitrogens with zero attached hydrogens (tertiary/aromatic N) is 5. The molecule has 0 saturated heterocycles. The minimum absolute atomic E-state index is 0.00856. The lowest BCUT2D eigenvalue weighted by Gasteiger charge is -2.11. The minimum Gasteiger partial charge on any atom is -0.505 e. The van der Waals surface area contributed by atoms with Crippen molar-refractivity contribution in [2.75, 3.05) is 19.5 Å². The molecule has 1 amide bonds. The van der Waals surface area contributed by atoms with Crippen molar-refractivity contribution < 1.29 is 19.4 Å². The average molecular weight is 491 g/mol. The molecule has 5 aromatic rings. The molecule has 0 aliphatic rings. The van der Waals surface area contributed by atoms with Crippen molar-refractivity contribution in [2.24, 2.45) is 0 Å². The molecule has 35 heavy (non-hydrogen) atoms. The number of hydrogen-bond donors (Lipinski definition) is 2. The smallest absolute Gasteiger partial charge is 0.282 e. The highest BCUT2D eigenvalue weighted by Crippen LogP contribution is 2.32. The summed E-state index contributed by atoms with van der Waals surface area (Å²) in [5.41, 5.74) is 0.855. The topological polar surface area (TPSA) is 133 Å². The number of carbonyl (C=O) groups is 1. The highest BCUT2D eigenvalue weighted by atomic mass is 32.1. The first-order valence-corrected chi connectivity index (χ1v) is 11.1. The molecule has 0 fully saturated rings. The predicted octanol–water partition coefficient (Wildman–Crippen LogP) is 2.98. The molecule has 2 N–H and O–H groups in total. The first kappa shape index (κ1) is 22.1. The minimum atomic E-state index is -0.789. The van der Waals surface area contributed by atoms with Crippen molar-refractivity contribution in [1.82, 2.24) is 24.4 Å². The number of anilines is 1. The molecule has 11 nitrogen and oxygen atoms in total. The number of hydrogen-bond acceptors (Lipinski definition) is 9. The summed E-state index contributed by atoms with van der Waals surface area (Å²) >= 11 is 1.34. The normalized spacial score (nSPS) is 10.9. The lowest BCUT2D eigenvalue weighted by Crippen LogP contribution is -2.25. The Balaban J connectivity index is 1.49. The molecule has 0 aliphatic carbocycles. The van der Waals surface area contributed by atoms with Crippen LogP contribution in [-0.2, 0) is 0 Å². The number of fused-ring (bicyclic) bond motifs is 1. The molecule has 12 heteroatoms. The van der Waals surface area contributed by atoms with Gasteiger partial charge in [0.2, 0.25) is 4.96 Å². The Morgan fingerprint density at radius 1 is 1.03 bits per heavy atom. The van der Waals surface area contributed by atoms with Crippen LogP contribution < -0.4 is 20.3 Å². The molecule has 5 rings (SSSR count). The van der Waals surface area contributed by atoms with E-state index in [9.17, 15) is 14.7 Å². The molecule has 0 unspecified atom stereocenters. The maximum absolute atomic E-state index is 13.0. The van der Waals surface area contributed by atoms with E-state index in [0.717, 1.165) is 22.0 Å². The Morgan fingerprint density at radius 2 is 1.74 bits per heavy atom. The number of methoxy groups -OCH3 is 2. The summed E-state index contributed by atoms with van der Waals surface area (Å²) in [4.78, 5) is 30.3. The first-order valence-electron chi connectivity index (χ1n) is 10.3. The van der Waals surface area contributed by atoms with E-state index in [2.05, 4.69) is 20.5 Å². The number of aromatic hydroxyl groups is 1. The van der Waals surface area contributed by atoms with Gasteiger partial charge >= 0.3 is 0 Å². The van der Waals surface area contributed by atoms with Crippen LogP contribution in [0.1, 0.15) is 10.5 Å². The van der Waals surface area contributed by atoms with Gasteiger partial charge in [-0.3, -0.25) is 14.9 Å². The van der Waals surface area contributed by atoms with Crippen molar-refractivity contribution >= 4 is 28.2 Å². The van der Waals surface area contributed by atoms with Crippen molar-refractivity contribution in [1.29, 1.82) is 0 Å². The molecule has 0 saturated carbocycles. The molecular weight excluding hydrogens is 472 g/mol. The van der Waals surface area contributed by atoms with Crippen LogP contribution in [0, 0.1) is 0 Å². The molecule has 0 bridgehead atoms. The summed E-state index contributed by atoms with van der Waals surface area (Å²) in [6, 6.07) is 15.1. The summed E-state index contributed by atoms with van der Waals surface area (Å²) in [7, 11) is 3.03. The number of ether oxygens (including phenoxy) is 2. The standard InChI is InChI=1S/C23H18N6O5S/c1-33-17-9-5-3-7-13(17)15-12-35-23-25-22(27-29(15)23)24-21(32)20-16(30)11-19(31)28(26-20)14-8-4-6-10-18(14)34-2/h3-12,30H,1-2H3,(H,24,27,32). The van der Waals surface area contributed by atoms with E-state index >= 15 is 0 Å². The number of amides is 1. The molecular formula is C23H18N6O5S. The first-order chi connectivity index (χ1) is 17.0. The van der Waals surface area contributed by atoms with Crippen LogP contribution in [0.15, 0.2) is 64.8 Å². The van der Waals surface area contributed by atoms with E-state index < -0.39 is 17.2 Å². The molecule has 0 spiro atoms. The predicted molar refractivity (Wildman–Crippen MR) is 129 cm³/mol. The number of thiazole rings is 1. The third-order valence-electron chi connectivity index (χ3n) is 5.13. The summed E-state index contributed by atoms with van der Waals surface area (Å²) in [6.45, 7) is 0. The second-order valence-electron chi connectivity index (χ2n) is 7.21. The van der Waals surface area contributed by atoms with Gasteiger partial charge in [-0.15, -0.1) is 16.4 Å². The van der Waals surface area contributed by atoms with E-state index in [1.807, 2.05) is 29.6 Å². The third kappa shape index (κ3) is 3.95. The number of rotatable bonds is 6. The van der Waals surface area contributed by atoms with Crippen molar-refractivity contribution in [3.8, 4) is 34.2 Å². The van der Waals surface area contributed by atoms with E-state index in [4.69, 9.17) is 9.47 Å². The van der Waals surface area contributed by atoms with Gasteiger partial charge in [0.25, 0.3) is 17.4 Å². The second-order valence-corrected chi connectivity index (χ2v) is 8.04. The summed E-state index contributed by atoms with van der Waals surface area (Å²) in [5, 5.41) is 23.1. The molecule has 176 valence electrons. The molecule has 3 heterocycles. The molecule has 2 aromatic carbocycles. The Kier molecular flexibility index (Phi) is 5.63. The van der Waals surface area contributed by atoms with Crippen LogP contribution in [0.25, 0.3) is 21.9 Å². The summed E-state index contributed by atoms with van der Waals surface area (Å²) in [5.74, 6) is -0.313. The second kappa shape index (κ2) is 8.91. The number of benzene rings is 2. The SMILES string of the molecule is COc1ccccc1-c1csc2nc(NC(=O)c3nn(-c4ccccc4OC)c(=O)cc3O)nn12. The van der Waals surface area contributed by atoms with Gasteiger partial charge in [0.05, 0.1) is 19.9 Å². The quantitative estimate of drug-likeness (QED) is 0.371. The number of aromatic nitrogens is 5. The summed E-state index contributed by atoms with van der Waals surface area (Å²) < 4.78 is 13.3. The zero-order valence-corrected chi connectivity index (χ0v) is 19.3. The average Bonchev–Trinajstić information content (AvgIpc) is 3.44. The van der Waals surface area contributed by atoms with Gasteiger partial charge in [0.1, 0.15) is 17.2 Å². The third-order valence-corrected chi connectivity index (χ3v) is 5.95. The molecule has 0 atom stereocenters. The van der Waals surface area contributed by atoms with Crippen LogP contribution in [0.4, 0.5) is 5.95 Å².